The number of likely N-dealkylation sites (tertiary alicyclic amines) is 1. The van der Waals surface area contributed by atoms with E-state index in [1.54, 1.807) is 12.1 Å². The highest BCUT2D eigenvalue weighted by molar-refractivity contribution is 5.70. The number of hydrogen-bond acceptors (Lipinski definition) is 5. The van der Waals surface area contributed by atoms with Crippen LogP contribution in [0.1, 0.15) is 18.7 Å². The van der Waals surface area contributed by atoms with Crippen molar-refractivity contribution in [1.82, 2.24) is 15.0 Å². The summed E-state index contributed by atoms with van der Waals surface area (Å²) in [6, 6.07) is 5.86. The molecule has 3 rings (SSSR count). The van der Waals surface area contributed by atoms with Gasteiger partial charge in [-0.15, -0.1) is 0 Å². The molecule has 0 aliphatic carbocycles. The summed E-state index contributed by atoms with van der Waals surface area (Å²) in [5.41, 5.74) is 0.679. The van der Waals surface area contributed by atoms with E-state index in [0.717, 1.165) is 13.0 Å². The van der Waals surface area contributed by atoms with Crippen molar-refractivity contribution in [3.05, 3.63) is 36.0 Å². The zero-order valence-corrected chi connectivity index (χ0v) is 11.9. The van der Waals surface area contributed by atoms with Crippen LogP contribution in [0.15, 0.2) is 28.8 Å². The Morgan fingerprint density at radius 2 is 2.18 bits per heavy atom. The van der Waals surface area contributed by atoms with Crippen LogP contribution in [0, 0.1) is 11.7 Å². The molecule has 1 aliphatic heterocycles. The number of carbonyl (C=O) groups is 1. The number of carboxylic acids is 1. The Bertz CT molecular complexity index is 656. The van der Waals surface area contributed by atoms with Crippen LogP contribution in [-0.4, -0.2) is 39.2 Å². The smallest absolute Gasteiger partial charge is 0.307 e. The minimum absolute atomic E-state index is 0.319. The van der Waals surface area contributed by atoms with E-state index in [9.17, 15) is 9.18 Å². The van der Waals surface area contributed by atoms with E-state index in [1.807, 2.05) is 4.90 Å². The summed E-state index contributed by atoms with van der Waals surface area (Å²) in [6.07, 6.45) is 1.55. The van der Waals surface area contributed by atoms with Crippen LogP contribution in [0.3, 0.4) is 0 Å². The molecule has 1 aromatic carbocycles. The molecule has 116 valence electrons. The second-order valence-corrected chi connectivity index (χ2v) is 5.43. The summed E-state index contributed by atoms with van der Waals surface area (Å²) in [7, 11) is 0. The molecule has 0 amide bonds. The van der Waals surface area contributed by atoms with Gasteiger partial charge in [-0.2, -0.15) is 4.98 Å². The van der Waals surface area contributed by atoms with Crippen molar-refractivity contribution < 1.29 is 18.8 Å². The van der Waals surface area contributed by atoms with Crippen LogP contribution >= 0.6 is 0 Å². The molecule has 0 spiro atoms. The first-order valence-electron chi connectivity index (χ1n) is 7.15. The molecule has 2 aromatic rings. The van der Waals surface area contributed by atoms with Gasteiger partial charge in [0.05, 0.1) is 12.5 Å². The largest absolute Gasteiger partial charge is 0.481 e. The first-order chi connectivity index (χ1) is 10.6. The van der Waals surface area contributed by atoms with Crippen LogP contribution in [0.5, 0.6) is 0 Å². The van der Waals surface area contributed by atoms with Gasteiger partial charge in [-0.1, -0.05) is 5.16 Å². The van der Waals surface area contributed by atoms with Crippen LogP contribution in [0.2, 0.25) is 0 Å². The summed E-state index contributed by atoms with van der Waals surface area (Å²) < 4.78 is 18.1. The Hall–Kier alpha value is -2.28. The molecule has 22 heavy (non-hydrogen) atoms. The van der Waals surface area contributed by atoms with E-state index in [2.05, 4.69) is 10.1 Å². The number of halogens is 1. The van der Waals surface area contributed by atoms with E-state index in [0.29, 0.717) is 36.8 Å². The van der Waals surface area contributed by atoms with E-state index in [1.165, 1.54) is 12.1 Å². The Balaban J connectivity index is 1.66. The highest BCUT2D eigenvalue weighted by atomic mass is 19.1. The fourth-order valence-electron chi connectivity index (χ4n) is 2.63. The fraction of sp³-hybridized carbons (Fsp3) is 0.400. The molecule has 0 bridgehead atoms. The Morgan fingerprint density at radius 3 is 2.91 bits per heavy atom. The number of hydrogen-bond donors (Lipinski definition) is 1. The first-order valence-corrected chi connectivity index (χ1v) is 7.15. The highest BCUT2D eigenvalue weighted by Gasteiger charge is 2.26. The normalized spacial score (nSPS) is 19.2. The molecule has 1 atom stereocenters. The van der Waals surface area contributed by atoms with Gasteiger partial charge < -0.3 is 9.63 Å². The molecule has 1 aliphatic rings. The number of carboxylic acid groups (broad SMARTS) is 1. The molecule has 1 N–H and O–H groups in total. The van der Waals surface area contributed by atoms with Crippen molar-refractivity contribution in [3.63, 3.8) is 0 Å². The van der Waals surface area contributed by atoms with E-state index in [4.69, 9.17) is 9.63 Å². The topological polar surface area (TPSA) is 79.5 Å². The van der Waals surface area contributed by atoms with Crippen LogP contribution < -0.4 is 0 Å². The third-order valence-corrected chi connectivity index (χ3v) is 3.78. The van der Waals surface area contributed by atoms with E-state index < -0.39 is 5.97 Å². The maximum atomic E-state index is 12.9. The minimum atomic E-state index is -0.762. The number of aliphatic carboxylic acids is 1. The van der Waals surface area contributed by atoms with E-state index >= 15 is 0 Å². The SMILES string of the molecule is O=C(O)C1CCCN(Cc2nc(-c3ccc(F)cc3)no2)C1. The maximum Gasteiger partial charge on any atom is 0.307 e. The van der Waals surface area contributed by atoms with Crippen LogP contribution in [-0.2, 0) is 11.3 Å². The lowest BCUT2D eigenvalue weighted by Gasteiger charge is -2.29. The predicted octanol–water partition coefficient (Wildman–Crippen LogP) is 2.17. The third kappa shape index (κ3) is 3.30. The van der Waals surface area contributed by atoms with Gasteiger partial charge in [0, 0.05) is 12.1 Å². The van der Waals surface area contributed by atoms with Crippen molar-refractivity contribution in [2.75, 3.05) is 13.1 Å². The molecule has 0 radical (unpaired) electrons. The second kappa shape index (κ2) is 6.23. The van der Waals surface area contributed by atoms with Gasteiger partial charge in [-0.3, -0.25) is 9.69 Å². The highest BCUT2D eigenvalue weighted by Crippen LogP contribution is 2.20. The average Bonchev–Trinajstić information content (AvgIpc) is 2.96. The molecule has 1 aromatic heterocycles. The molecule has 1 saturated heterocycles. The third-order valence-electron chi connectivity index (χ3n) is 3.78. The minimum Gasteiger partial charge on any atom is -0.481 e. The lowest BCUT2D eigenvalue weighted by atomic mass is 9.98. The average molecular weight is 305 g/mol. The number of aromatic nitrogens is 2. The second-order valence-electron chi connectivity index (χ2n) is 5.43. The quantitative estimate of drug-likeness (QED) is 0.932. The summed E-state index contributed by atoms with van der Waals surface area (Å²) in [5.74, 6) is -0.580. The Morgan fingerprint density at radius 1 is 1.41 bits per heavy atom. The van der Waals surface area contributed by atoms with Gasteiger partial charge in [-0.05, 0) is 43.7 Å². The van der Waals surface area contributed by atoms with Crippen LogP contribution in [0.25, 0.3) is 11.4 Å². The van der Waals surface area contributed by atoms with Crippen molar-refractivity contribution >= 4 is 5.97 Å². The van der Waals surface area contributed by atoms with E-state index in [-0.39, 0.29) is 11.7 Å². The monoisotopic (exact) mass is 305 g/mol. The number of rotatable bonds is 4. The molecule has 7 heteroatoms. The fourth-order valence-corrected chi connectivity index (χ4v) is 2.63. The van der Waals surface area contributed by atoms with Gasteiger partial charge in [0.25, 0.3) is 0 Å². The van der Waals surface area contributed by atoms with Gasteiger partial charge in [0.15, 0.2) is 0 Å². The molecule has 1 fully saturated rings. The summed E-state index contributed by atoms with van der Waals surface area (Å²) >= 11 is 0. The summed E-state index contributed by atoms with van der Waals surface area (Å²) in [6.45, 7) is 1.74. The molecule has 0 saturated carbocycles. The number of piperidine rings is 1. The zero-order valence-electron chi connectivity index (χ0n) is 11.9. The van der Waals surface area contributed by atoms with Gasteiger partial charge in [0.1, 0.15) is 5.82 Å². The Labute approximate surface area is 126 Å². The van der Waals surface area contributed by atoms with Crippen molar-refractivity contribution in [1.29, 1.82) is 0 Å². The molecular formula is C15H16FN3O3. The number of benzene rings is 1. The van der Waals surface area contributed by atoms with Gasteiger partial charge in [0.2, 0.25) is 11.7 Å². The molecule has 6 nitrogen and oxygen atoms in total. The van der Waals surface area contributed by atoms with Crippen LogP contribution in [0.4, 0.5) is 4.39 Å². The summed E-state index contributed by atoms with van der Waals surface area (Å²) in [5, 5.41) is 13.0. The van der Waals surface area contributed by atoms with Crippen molar-refractivity contribution in [2.45, 2.75) is 19.4 Å². The van der Waals surface area contributed by atoms with Crippen molar-refractivity contribution in [2.24, 2.45) is 5.92 Å². The standard InChI is InChI=1S/C15H16FN3O3/c16-12-5-3-10(4-6-12)14-17-13(22-18-14)9-19-7-1-2-11(8-19)15(20)21/h3-6,11H,1-2,7-9H2,(H,20,21). The predicted molar refractivity (Wildman–Crippen MR) is 75.3 cm³/mol. The lowest BCUT2D eigenvalue weighted by Crippen LogP contribution is -2.38. The molecule has 1 unspecified atom stereocenters. The maximum absolute atomic E-state index is 12.9. The zero-order chi connectivity index (χ0) is 15.5. The summed E-state index contributed by atoms with van der Waals surface area (Å²) in [4.78, 5) is 17.3. The number of nitrogens with zero attached hydrogens (tertiary/aromatic N) is 3. The van der Waals surface area contributed by atoms with Gasteiger partial charge >= 0.3 is 5.97 Å². The lowest BCUT2D eigenvalue weighted by molar-refractivity contribution is -0.143. The Kier molecular flexibility index (Phi) is 4.15. The molecule has 2 heterocycles. The van der Waals surface area contributed by atoms with Crippen molar-refractivity contribution in [3.8, 4) is 11.4 Å². The first kappa shape index (κ1) is 14.6. The van der Waals surface area contributed by atoms with Gasteiger partial charge in [-0.25, -0.2) is 4.39 Å². The molecular weight excluding hydrogens is 289 g/mol.